The Balaban J connectivity index is 0.000000258. The highest BCUT2D eigenvalue weighted by Gasteiger charge is 2.21. The van der Waals surface area contributed by atoms with Gasteiger partial charge in [-0.3, -0.25) is 9.78 Å². The van der Waals surface area contributed by atoms with Gasteiger partial charge in [0.25, 0.3) is 0 Å². The number of aromatic nitrogens is 2. The third-order valence-corrected chi connectivity index (χ3v) is 5.81. The third-order valence-electron chi connectivity index (χ3n) is 5.81. The molecule has 2 N–H and O–H groups in total. The Kier molecular flexibility index (Phi) is 12.0. The van der Waals surface area contributed by atoms with Crippen LogP contribution < -0.4 is 5.32 Å². The molecule has 7 heteroatoms. The second kappa shape index (κ2) is 15.1. The number of pyridine rings is 2. The third kappa shape index (κ3) is 10.5. The summed E-state index contributed by atoms with van der Waals surface area (Å²) in [4.78, 5) is 31.6. The lowest BCUT2D eigenvalue weighted by Crippen LogP contribution is -2.30. The summed E-state index contributed by atoms with van der Waals surface area (Å²) in [5.74, 6) is 0.991. The van der Waals surface area contributed by atoms with E-state index in [0.717, 1.165) is 49.4 Å². The smallest absolute Gasteiger partial charge is 0.303 e. The summed E-state index contributed by atoms with van der Waals surface area (Å²) in [6, 6.07) is 9.58. The summed E-state index contributed by atoms with van der Waals surface area (Å²) in [5, 5.41) is 12.2. The Morgan fingerprint density at radius 3 is 2.69 bits per heavy atom. The van der Waals surface area contributed by atoms with Crippen LogP contribution in [0, 0.1) is 5.92 Å². The number of carbonyl (C=O) groups is 2. The van der Waals surface area contributed by atoms with Crippen LogP contribution in [-0.4, -0.2) is 58.9 Å². The number of nitrogens with one attached hydrogen (secondary N) is 1. The predicted octanol–water partition coefficient (Wildman–Crippen LogP) is 4.23. The van der Waals surface area contributed by atoms with Crippen LogP contribution in [0.3, 0.4) is 0 Å². The van der Waals surface area contributed by atoms with E-state index in [1.807, 2.05) is 36.5 Å². The average Bonchev–Trinajstić information content (AvgIpc) is 2.82. The SMILES string of the molecule is CN1CCC(CCC(CC(=O)O)c2cccnc2)CC1.O=CCCCNc1ccccn1. The van der Waals surface area contributed by atoms with Gasteiger partial charge in [-0.2, -0.15) is 0 Å². The van der Waals surface area contributed by atoms with Gasteiger partial charge in [0.15, 0.2) is 0 Å². The monoisotopic (exact) mass is 440 g/mol. The lowest BCUT2D eigenvalue weighted by Gasteiger charge is -2.29. The first kappa shape index (κ1) is 25.5. The molecule has 0 spiro atoms. The zero-order chi connectivity index (χ0) is 23.0. The molecule has 1 fully saturated rings. The van der Waals surface area contributed by atoms with Gasteiger partial charge in [0, 0.05) is 31.6 Å². The van der Waals surface area contributed by atoms with Crippen LogP contribution in [-0.2, 0) is 9.59 Å². The minimum absolute atomic E-state index is 0.0980. The summed E-state index contributed by atoms with van der Waals surface area (Å²) in [6.45, 7) is 3.14. The van der Waals surface area contributed by atoms with Crippen molar-refractivity contribution in [3.05, 3.63) is 54.5 Å². The molecule has 174 valence electrons. The maximum atomic E-state index is 11.1. The van der Waals surface area contributed by atoms with Crippen molar-refractivity contribution in [2.45, 2.75) is 50.9 Å². The normalized spacial score (nSPS) is 15.3. The Morgan fingerprint density at radius 2 is 2.06 bits per heavy atom. The van der Waals surface area contributed by atoms with Gasteiger partial charge in [-0.05, 0) is 87.8 Å². The molecule has 0 amide bonds. The van der Waals surface area contributed by atoms with E-state index in [2.05, 4.69) is 27.2 Å². The quantitative estimate of drug-likeness (QED) is 0.399. The number of hydrogen-bond donors (Lipinski definition) is 2. The molecule has 3 rings (SSSR count). The second-order valence-electron chi connectivity index (χ2n) is 8.36. The number of likely N-dealkylation sites (tertiary alicyclic amines) is 1. The van der Waals surface area contributed by atoms with Gasteiger partial charge in [0.2, 0.25) is 0 Å². The van der Waals surface area contributed by atoms with Crippen LogP contribution in [0.25, 0.3) is 0 Å². The molecule has 0 aliphatic carbocycles. The second-order valence-corrected chi connectivity index (χ2v) is 8.36. The van der Waals surface area contributed by atoms with Gasteiger partial charge < -0.3 is 20.1 Å². The van der Waals surface area contributed by atoms with Crippen LogP contribution >= 0.6 is 0 Å². The minimum Gasteiger partial charge on any atom is -0.481 e. The first-order chi connectivity index (χ1) is 15.6. The van der Waals surface area contributed by atoms with Crippen molar-refractivity contribution >= 4 is 18.1 Å². The van der Waals surface area contributed by atoms with Crippen molar-refractivity contribution in [2.24, 2.45) is 5.92 Å². The molecular weight excluding hydrogens is 404 g/mol. The first-order valence-corrected chi connectivity index (χ1v) is 11.5. The molecule has 0 aromatic carbocycles. The number of aldehydes is 1. The molecule has 32 heavy (non-hydrogen) atoms. The van der Waals surface area contributed by atoms with E-state index in [1.54, 1.807) is 12.4 Å². The fourth-order valence-corrected chi connectivity index (χ4v) is 3.87. The number of carboxylic acids is 1. The Bertz CT molecular complexity index is 765. The van der Waals surface area contributed by atoms with Gasteiger partial charge in [0.05, 0.1) is 6.42 Å². The van der Waals surface area contributed by atoms with E-state index in [4.69, 9.17) is 5.11 Å². The van der Waals surface area contributed by atoms with Crippen LogP contribution in [0.4, 0.5) is 5.82 Å². The number of rotatable bonds is 11. The highest BCUT2D eigenvalue weighted by Crippen LogP contribution is 2.29. The molecule has 1 saturated heterocycles. The average molecular weight is 441 g/mol. The van der Waals surface area contributed by atoms with E-state index in [-0.39, 0.29) is 12.3 Å². The Morgan fingerprint density at radius 1 is 1.25 bits per heavy atom. The number of anilines is 1. The van der Waals surface area contributed by atoms with Crippen molar-refractivity contribution < 1.29 is 14.7 Å². The zero-order valence-corrected chi connectivity index (χ0v) is 19.0. The summed E-state index contributed by atoms with van der Waals surface area (Å²) < 4.78 is 0. The fraction of sp³-hybridized carbons (Fsp3) is 0.520. The van der Waals surface area contributed by atoms with Gasteiger partial charge in [-0.25, -0.2) is 4.98 Å². The molecule has 0 saturated carbocycles. The van der Waals surface area contributed by atoms with E-state index in [0.29, 0.717) is 6.42 Å². The van der Waals surface area contributed by atoms with Gasteiger partial charge in [-0.1, -0.05) is 12.1 Å². The molecule has 2 aromatic rings. The maximum Gasteiger partial charge on any atom is 0.303 e. The van der Waals surface area contributed by atoms with Crippen molar-refractivity contribution in [3.8, 4) is 0 Å². The van der Waals surface area contributed by atoms with Crippen molar-refractivity contribution in [1.82, 2.24) is 14.9 Å². The number of carbonyl (C=O) groups excluding carboxylic acids is 1. The number of carboxylic acid groups (broad SMARTS) is 1. The largest absolute Gasteiger partial charge is 0.481 e. The van der Waals surface area contributed by atoms with E-state index in [1.165, 1.54) is 25.9 Å². The minimum atomic E-state index is -0.720. The molecule has 1 aliphatic rings. The lowest BCUT2D eigenvalue weighted by molar-refractivity contribution is -0.137. The highest BCUT2D eigenvalue weighted by atomic mass is 16.4. The molecule has 0 radical (unpaired) electrons. The molecular formula is C25H36N4O3. The molecule has 1 atom stereocenters. The fourth-order valence-electron chi connectivity index (χ4n) is 3.87. The van der Waals surface area contributed by atoms with Gasteiger partial charge in [0.1, 0.15) is 12.1 Å². The van der Waals surface area contributed by atoms with E-state index < -0.39 is 5.97 Å². The van der Waals surface area contributed by atoms with E-state index >= 15 is 0 Å². The first-order valence-electron chi connectivity index (χ1n) is 11.5. The van der Waals surface area contributed by atoms with Crippen LogP contribution in [0.2, 0.25) is 0 Å². The van der Waals surface area contributed by atoms with Crippen LogP contribution in [0.5, 0.6) is 0 Å². The predicted molar refractivity (Wildman–Crippen MR) is 127 cm³/mol. The number of piperidine rings is 1. The molecule has 2 aromatic heterocycles. The van der Waals surface area contributed by atoms with Crippen LogP contribution in [0.1, 0.15) is 56.4 Å². The summed E-state index contributed by atoms with van der Waals surface area (Å²) in [5.41, 5.74) is 1.06. The summed E-state index contributed by atoms with van der Waals surface area (Å²) >= 11 is 0. The standard InChI is InChI=1S/C16H24N2O2.C9H12N2O/c1-18-9-6-13(7-10-18)4-5-14(11-16(19)20)15-3-2-8-17-12-15;12-8-4-3-7-11-9-5-1-2-6-10-9/h2-3,8,12-14H,4-7,9-11H2,1H3,(H,19,20);1-2,5-6,8H,3-4,7H2,(H,10,11). The molecule has 3 heterocycles. The summed E-state index contributed by atoms with van der Waals surface area (Å²) in [7, 11) is 2.17. The number of hydrogen-bond acceptors (Lipinski definition) is 6. The van der Waals surface area contributed by atoms with Crippen molar-refractivity contribution in [1.29, 1.82) is 0 Å². The molecule has 1 aliphatic heterocycles. The van der Waals surface area contributed by atoms with Crippen molar-refractivity contribution in [2.75, 3.05) is 32.0 Å². The molecule has 0 bridgehead atoms. The maximum absolute atomic E-state index is 11.1. The van der Waals surface area contributed by atoms with Crippen LogP contribution in [0.15, 0.2) is 48.9 Å². The zero-order valence-electron chi connectivity index (χ0n) is 19.0. The Hall–Kier alpha value is -2.80. The Labute approximate surface area is 191 Å². The van der Waals surface area contributed by atoms with Gasteiger partial charge in [-0.15, -0.1) is 0 Å². The summed E-state index contributed by atoms with van der Waals surface area (Å²) in [6.07, 6.45) is 12.4. The van der Waals surface area contributed by atoms with E-state index in [9.17, 15) is 9.59 Å². The van der Waals surface area contributed by atoms with Crippen molar-refractivity contribution in [3.63, 3.8) is 0 Å². The highest BCUT2D eigenvalue weighted by molar-refractivity contribution is 5.68. The lowest BCUT2D eigenvalue weighted by atomic mass is 9.85. The topological polar surface area (TPSA) is 95.4 Å². The molecule has 7 nitrogen and oxygen atoms in total. The number of nitrogens with zero attached hydrogens (tertiary/aromatic N) is 3. The van der Waals surface area contributed by atoms with Gasteiger partial charge >= 0.3 is 5.97 Å². The number of aliphatic carboxylic acids is 1. The number of unbranched alkanes of at least 4 members (excludes halogenated alkanes) is 1. The molecule has 1 unspecified atom stereocenters.